The van der Waals surface area contributed by atoms with E-state index in [1.165, 1.54) is 49.8 Å². The van der Waals surface area contributed by atoms with Crippen LogP contribution in [0.1, 0.15) is 70.9 Å². The largest absolute Gasteiger partial charge is 0.401 e. The lowest BCUT2D eigenvalue weighted by atomic mass is 9.94. The number of rotatable bonds is 5. The Morgan fingerprint density at radius 2 is 1.72 bits per heavy atom. The highest BCUT2D eigenvalue weighted by atomic mass is 19.1. The zero-order valence-corrected chi connectivity index (χ0v) is 24.6. The van der Waals surface area contributed by atoms with Crippen LogP contribution in [0.3, 0.4) is 0 Å². The number of nitrogens with two attached hydrogens (primary N) is 2. The van der Waals surface area contributed by atoms with Crippen molar-refractivity contribution in [2.75, 3.05) is 41.5 Å². The van der Waals surface area contributed by atoms with Gasteiger partial charge < -0.3 is 25.5 Å². The maximum Gasteiger partial charge on any atom is 0.257 e. The summed E-state index contributed by atoms with van der Waals surface area (Å²) in [7, 11) is 0. The quantitative estimate of drug-likeness (QED) is 0.348. The molecule has 0 bridgehead atoms. The predicted octanol–water partition coefficient (Wildman–Crippen LogP) is 5.16. The minimum atomic E-state index is -0.427. The zero-order valence-electron chi connectivity index (χ0n) is 24.6. The second-order valence-electron chi connectivity index (χ2n) is 10.7. The molecule has 1 saturated heterocycles. The molecule has 1 aliphatic rings. The molecule has 0 atom stereocenters. The van der Waals surface area contributed by atoms with Gasteiger partial charge in [0, 0.05) is 42.6 Å². The number of allylic oxidation sites excluding steroid dienone is 1. The van der Waals surface area contributed by atoms with Gasteiger partial charge in [-0.3, -0.25) is 14.8 Å². The highest BCUT2D eigenvalue weighted by Gasteiger charge is 2.16. The number of aryl methyl sites for hydroxylation is 1. The van der Waals surface area contributed by atoms with Crippen molar-refractivity contribution in [3.63, 3.8) is 0 Å². The number of pyridine rings is 1. The van der Waals surface area contributed by atoms with Gasteiger partial charge in [0.2, 0.25) is 0 Å². The lowest BCUT2D eigenvalue weighted by Gasteiger charge is -2.29. The monoisotopic (exact) mass is 544 g/mol. The number of Topliss-reactive ketones (excluding diaryl/α,β-unsaturated/α-hetero) is 1. The number of aromatic nitrogens is 1. The van der Waals surface area contributed by atoms with Gasteiger partial charge in [-0.1, -0.05) is 34.1 Å². The maximum absolute atomic E-state index is 14.1. The molecule has 0 unspecified atom stereocenters. The van der Waals surface area contributed by atoms with Crippen molar-refractivity contribution in [3.05, 3.63) is 59.4 Å². The van der Waals surface area contributed by atoms with E-state index in [4.69, 9.17) is 16.3 Å². The highest BCUT2D eigenvalue weighted by molar-refractivity contribution is 6.04. The highest BCUT2D eigenvalue weighted by Crippen LogP contribution is 2.24. The number of anilines is 3. The van der Waals surface area contributed by atoms with Crippen LogP contribution in [0.2, 0.25) is 0 Å². The van der Waals surface area contributed by atoms with Crippen LogP contribution in [0, 0.1) is 18.2 Å². The summed E-state index contributed by atoms with van der Waals surface area (Å²) in [6.07, 6.45) is 4.25. The molecule has 0 aliphatic carbocycles. The number of morpholine rings is 1. The average Bonchev–Trinajstić information content (AvgIpc) is 2.83. The van der Waals surface area contributed by atoms with E-state index >= 15 is 0 Å². The van der Waals surface area contributed by atoms with Gasteiger partial charge in [0.25, 0.3) is 5.91 Å². The number of hydrogen-bond acceptors (Lipinski definition) is 8. The number of ketones is 1. The fourth-order valence-electron chi connectivity index (χ4n) is 3.05. The Balaban J connectivity index is 0.000000651. The molecular weight excluding hydrogens is 499 g/mol. The molecule has 5 N–H and O–H groups in total. The van der Waals surface area contributed by atoms with E-state index in [9.17, 15) is 14.0 Å². The van der Waals surface area contributed by atoms with E-state index in [-0.39, 0.29) is 5.78 Å². The molecule has 9 nitrogen and oxygen atoms in total. The van der Waals surface area contributed by atoms with Gasteiger partial charge in [0.05, 0.1) is 30.2 Å². The van der Waals surface area contributed by atoms with Crippen molar-refractivity contribution in [3.8, 4) is 0 Å². The van der Waals surface area contributed by atoms with Crippen LogP contribution in [0.15, 0.2) is 42.4 Å². The van der Waals surface area contributed by atoms with Crippen LogP contribution < -0.4 is 26.8 Å². The number of nitrogens with one attached hydrogen (secondary N) is 1. The second-order valence-corrected chi connectivity index (χ2v) is 10.7. The fraction of sp³-hybridized carbons (Fsp3) is 0.483. The third kappa shape index (κ3) is 13.2. The summed E-state index contributed by atoms with van der Waals surface area (Å²) in [6, 6.07) is 6.07. The average molecular weight is 545 g/mol. The van der Waals surface area contributed by atoms with Gasteiger partial charge in [-0.05, 0) is 57.4 Å². The molecule has 1 aromatic carbocycles. The number of hydrazine groups is 1. The molecule has 39 heavy (non-hydrogen) atoms. The van der Waals surface area contributed by atoms with Crippen LogP contribution in [-0.4, -0.2) is 43.0 Å². The molecular formula is C29H45FN6O3. The second kappa shape index (κ2) is 15.8. The molecule has 1 aromatic heterocycles. The molecule has 216 valence electrons. The third-order valence-corrected chi connectivity index (χ3v) is 5.52. The third-order valence-electron chi connectivity index (χ3n) is 5.52. The van der Waals surface area contributed by atoms with Gasteiger partial charge in [-0.2, -0.15) is 0 Å². The van der Waals surface area contributed by atoms with Crippen LogP contribution in [0.5, 0.6) is 0 Å². The van der Waals surface area contributed by atoms with E-state index in [1.54, 1.807) is 26.0 Å². The van der Waals surface area contributed by atoms with Crippen LogP contribution in [0.4, 0.5) is 21.5 Å². The Hall–Kier alpha value is -3.50. The lowest BCUT2D eigenvalue weighted by molar-refractivity contribution is -0.115. The topological polar surface area (TPSA) is 127 Å². The molecule has 0 saturated carbocycles. The van der Waals surface area contributed by atoms with E-state index < -0.39 is 11.7 Å². The first-order chi connectivity index (χ1) is 18.1. The summed E-state index contributed by atoms with van der Waals surface area (Å²) in [5.41, 5.74) is 9.25. The van der Waals surface area contributed by atoms with Crippen LogP contribution >= 0.6 is 0 Å². The molecule has 1 aliphatic heterocycles. The number of halogens is 1. The van der Waals surface area contributed by atoms with E-state index in [2.05, 4.69) is 38.0 Å². The van der Waals surface area contributed by atoms with Gasteiger partial charge in [-0.25, -0.2) is 10.2 Å². The van der Waals surface area contributed by atoms with Crippen LogP contribution in [-0.2, 0) is 9.53 Å². The first-order valence-electron chi connectivity index (χ1n) is 13.0. The number of carbonyl (C=O) groups excluding carboxylic acids is 2. The van der Waals surface area contributed by atoms with Crippen molar-refractivity contribution in [1.82, 2.24) is 4.98 Å². The summed E-state index contributed by atoms with van der Waals surface area (Å²) in [6.45, 7) is 18.0. The van der Waals surface area contributed by atoms with Crippen molar-refractivity contribution < 1.29 is 18.7 Å². The molecule has 1 fully saturated rings. The first kappa shape index (κ1) is 33.5. The lowest BCUT2D eigenvalue weighted by Crippen LogP contribution is -2.36. The number of amides is 1. The Kier molecular flexibility index (Phi) is 13.6. The Bertz CT molecular complexity index is 1120. The van der Waals surface area contributed by atoms with E-state index in [0.29, 0.717) is 65.7 Å². The number of hydrogen-bond donors (Lipinski definition) is 3. The van der Waals surface area contributed by atoms with E-state index in [1.807, 2.05) is 4.90 Å². The van der Waals surface area contributed by atoms with Crippen LogP contribution in [0.25, 0.3) is 0 Å². The predicted molar refractivity (Wildman–Crippen MR) is 157 cm³/mol. The molecule has 1 amide bonds. The molecule has 0 radical (unpaired) electrons. The SMILES string of the molecule is C/C(N)=C/N(N)c1cc(C(=O)Nc2cc(F)cc(N3CCOCC3)c2)cnc1C.CC(C)=O.CCC(C)(C)C. The molecule has 2 aromatic rings. The first-order valence-corrected chi connectivity index (χ1v) is 13.0. The van der Waals surface area contributed by atoms with Gasteiger partial charge in [-0.15, -0.1) is 0 Å². The fourth-order valence-corrected chi connectivity index (χ4v) is 3.05. The number of carbonyl (C=O) groups is 2. The Morgan fingerprint density at radius 3 is 2.23 bits per heavy atom. The molecule has 3 rings (SSSR count). The van der Waals surface area contributed by atoms with Gasteiger partial charge >= 0.3 is 0 Å². The standard InChI is InChI=1S/C20H25FN6O2.C6H14.C3H6O/c1-13(22)12-27(23)19-7-15(11-24-14(19)2)20(28)25-17-8-16(21)9-18(10-17)26-3-5-29-6-4-26;1-5-6(2,3)4;1-3(2)4/h7-12H,3-6,22-23H2,1-2H3,(H,25,28);5H2,1-4H3;1-2H3/b13-12-;;. The Morgan fingerprint density at radius 1 is 1.15 bits per heavy atom. The normalized spacial score (nSPS) is 13.4. The van der Waals surface area contributed by atoms with Crippen molar-refractivity contribution in [1.29, 1.82) is 0 Å². The molecule has 10 heteroatoms. The summed E-state index contributed by atoms with van der Waals surface area (Å²) >= 11 is 0. The summed E-state index contributed by atoms with van der Waals surface area (Å²) in [5, 5.41) is 4.04. The summed E-state index contributed by atoms with van der Waals surface area (Å²) in [5.74, 6) is 5.30. The van der Waals surface area contributed by atoms with Crippen molar-refractivity contribution >= 4 is 28.8 Å². The number of ether oxygens (including phenoxy) is 1. The number of benzene rings is 1. The van der Waals surface area contributed by atoms with Crippen molar-refractivity contribution in [2.45, 2.75) is 61.8 Å². The van der Waals surface area contributed by atoms with Gasteiger partial charge in [0.15, 0.2) is 0 Å². The summed E-state index contributed by atoms with van der Waals surface area (Å²) < 4.78 is 19.4. The Labute approximate surface area is 232 Å². The maximum atomic E-state index is 14.1. The van der Waals surface area contributed by atoms with Crippen molar-refractivity contribution in [2.24, 2.45) is 17.0 Å². The number of nitrogens with zero attached hydrogens (tertiary/aromatic N) is 3. The molecule has 0 spiro atoms. The van der Waals surface area contributed by atoms with Gasteiger partial charge in [0.1, 0.15) is 11.6 Å². The van der Waals surface area contributed by atoms with E-state index in [0.717, 1.165) is 0 Å². The minimum absolute atomic E-state index is 0.167. The summed E-state index contributed by atoms with van der Waals surface area (Å²) in [4.78, 5) is 28.4. The minimum Gasteiger partial charge on any atom is -0.401 e. The smallest absolute Gasteiger partial charge is 0.257 e. The molecule has 2 heterocycles. The zero-order chi connectivity index (χ0) is 29.8.